The fourth-order valence-electron chi connectivity index (χ4n) is 2.59. The van der Waals surface area contributed by atoms with Crippen LogP contribution in [0.5, 0.6) is 0 Å². The summed E-state index contributed by atoms with van der Waals surface area (Å²) >= 11 is 0. The van der Waals surface area contributed by atoms with Crippen molar-refractivity contribution in [3.05, 3.63) is 0 Å². The van der Waals surface area contributed by atoms with Gasteiger partial charge in [-0.2, -0.15) is 0 Å². The number of nitrogens with one attached hydrogen (secondary N) is 2. The summed E-state index contributed by atoms with van der Waals surface area (Å²) in [5.41, 5.74) is -0.598. The number of hydrogen-bond acceptors (Lipinski definition) is 3. The molecule has 1 aliphatic heterocycles. The molecule has 0 bridgehead atoms. The van der Waals surface area contributed by atoms with Gasteiger partial charge in [0.15, 0.2) is 0 Å². The minimum atomic E-state index is -0.598. The Morgan fingerprint density at radius 1 is 1.35 bits per heavy atom. The molecule has 2 fully saturated rings. The van der Waals surface area contributed by atoms with E-state index in [0.29, 0.717) is 19.0 Å². The molecule has 17 heavy (non-hydrogen) atoms. The van der Waals surface area contributed by atoms with Gasteiger partial charge in [0, 0.05) is 19.0 Å². The van der Waals surface area contributed by atoms with Gasteiger partial charge in [-0.05, 0) is 45.1 Å². The van der Waals surface area contributed by atoms with E-state index in [9.17, 15) is 9.90 Å². The smallest absolute Gasteiger partial charge is 0.220 e. The molecule has 4 nitrogen and oxygen atoms in total. The van der Waals surface area contributed by atoms with Crippen LogP contribution in [0, 0.1) is 0 Å². The highest BCUT2D eigenvalue weighted by atomic mass is 16.3. The van der Waals surface area contributed by atoms with Crippen LogP contribution in [0.2, 0.25) is 0 Å². The fraction of sp³-hybridized carbons (Fsp3) is 0.923. The van der Waals surface area contributed by atoms with Crippen LogP contribution in [0.15, 0.2) is 0 Å². The summed E-state index contributed by atoms with van der Waals surface area (Å²) in [5.74, 6) is 0.0812. The summed E-state index contributed by atoms with van der Waals surface area (Å²) in [6, 6.07) is 0.515. The molecule has 0 aromatic carbocycles. The van der Waals surface area contributed by atoms with E-state index < -0.39 is 5.60 Å². The van der Waals surface area contributed by atoms with Gasteiger partial charge < -0.3 is 15.7 Å². The van der Waals surface area contributed by atoms with Crippen molar-refractivity contribution < 1.29 is 9.90 Å². The largest absolute Gasteiger partial charge is 0.388 e. The van der Waals surface area contributed by atoms with Gasteiger partial charge in [0.05, 0.1) is 5.60 Å². The second-order valence-electron chi connectivity index (χ2n) is 5.54. The molecule has 4 heteroatoms. The van der Waals surface area contributed by atoms with Gasteiger partial charge >= 0.3 is 0 Å². The molecule has 1 amide bonds. The average Bonchev–Trinajstić information content (AvgIpc) is 2.33. The lowest BCUT2D eigenvalue weighted by Crippen LogP contribution is -2.48. The van der Waals surface area contributed by atoms with Crippen molar-refractivity contribution in [3.63, 3.8) is 0 Å². The Morgan fingerprint density at radius 2 is 2.18 bits per heavy atom. The molecule has 98 valence electrons. The van der Waals surface area contributed by atoms with Crippen LogP contribution in [-0.2, 0) is 4.79 Å². The fourth-order valence-corrected chi connectivity index (χ4v) is 2.59. The van der Waals surface area contributed by atoms with Gasteiger partial charge in [-0.1, -0.05) is 6.42 Å². The number of aliphatic hydroxyl groups is 1. The Hall–Kier alpha value is -0.610. The highest BCUT2D eigenvalue weighted by Gasteiger charge is 2.34. The Labute approximate surface area is 103 Å². The van der Waals surface area contributed by atoms with Crippen LogP contribution in [0.3, 0.4) is 0 Å². The first-order chi connectivity index (χ1) is 8.18. The molecule has 3 N–H and O–H groups in total. The maximum Gasteiger partial charge on any atom is 0.220 e. The number of carbonyl (C=O) groups is 1. The van der Waals surface area contributed by atoms with Gasteiger partial charge in [0.2, 0.25) is 5.91 Å². The predicted molar refractivity (Wildman–Crippen MR) is 66.7 cm³/mol. The minimum absolute atomic E-state index is 0.0812. The SMILES string of the molecule is O=C(CCC1CCCCN1)NCC1(O)CCC1. The van der Waals surface area contributed by atoms with Gasteiger partial charge in [0.1, 0.15) is 0 Å². The van der Waals surface area contributed by atoms with Gasteiger partial charge in [-0.25, -0.2) is 0 Å². The third-order valence-corrected chi connectivity index (χ3v) is 4.03. The Balaban J connectivity index is 1.57. The summed E-state index contributed by atoms with van der Waals surface area (Å²) in [5, 5.41) is 16.1. The van der Waals surface area contributed by atoms with Crippen molar-refractivity contribution in [1.29, 1.82) is 0 Å². The average molecular weight is 240 g/mol. The normalized spacial score (nSPS) is 27.2. The Bertz CT molecular complexity index is 258. The van der Waals surface area contributed by atoms with E-state index in [-0.39, 0.29) is 5.91 Å². The Kier molecular flexibility index (Phi) is 4.40. The summed E-state index contributed by atoms with van der Waals surface area (Å²) < 4.78 is 0. The van der Waals surface area contributed by atoms with Crippen molar-refractivity contribution in [2.45, 2.75) is 63.0 Å². The lowest BCUT2D eigenvalue weighted by atomic mass is 9.80. The quantitative estimate of drug-likeness (QED) is 0.670. The van der Waals surface area contributed by atoms with Crippen LogP contribution in [-0.4, -0.2) is 35.7 Å². The lowest BCUT2D eigenvalue weighted by Gasteiger charge is -2.36. The minimum Gasteiger partial charge on any atom is -0.388 e. The van der Waals surface area contributed by atoms with Crippen LogP contribution < -0.4 is 10.6 Å². The third kappa shape index (κ3) is 3.96. The summed E-state index contributed by atoms with van der Waals surface area (Å²) in [7, 11) is 0. The Morgan fingerprint density at radius 3 is 2.76 bits per heavy atom. The van der Waals surface area contributed by atoms with E-state index in [4.69, 9.17) is 0 Å². The predicted octanol–water partition coefficient (Wildman–Crippen LogP) is 0.940. The molecular weight excluding hydrogens is 216 g/mol. The van der Waals surface area contributed by atoms with E-state index in [0.717, 1.165) is 32.2 Å². The number of rotatable bonds is 5. The second-order valence-corrected chi connectivity index (χ2v) is 5.54. The molecule has 2 rings (SSSR count). The van der Waals surface area contributed by atoms with Gasteiger partial charge in [0.25, 0.3) is 0 Å². The molecule has 2 aliphatic rings. The lowest BCUT2D eigenvalue weighted by molar-refractivity contribution is -0.123. The zero-order valence-corrected chi connectivity index (χ0v) is 10.5. The van der Waals surface area contributed by atoms with E-state index in [2.05, 4.69) is 10.6 Å². The summed E-state index contributed by atoms with van der Waals surface area (Å²) in [6.45, 7) is 1.52. The molecule has 0 aromatic rings. The van der Waals surface area contributed by atoms with Crippen LogP contribution in [0.1, 0.15) is 51.4 Å². The van der Waals surface area contributed by atoms with Gasteiger partial charge in [-0.3, -0.25) is 4.79 Å². The zero-order valence-electron chi connectivity index (χ0n) is 10.5. The first-order valence-corrected chi connectivity index (χ1v) is 6.90. The van der Waals surface area contributed by atoms with Crippen molar-refractivity contribution in [2.24, 2.45) is 0 Å². The first kappa shape index (κ1) is 12.8. The third-order valence-electron chi connectivity index (χ3n) is 4.03. The summed E-state index contributed by atoms with van der Waals surface area (Å²) in [4.78, 5) is 11.6. The van der Waals surface area contributed by atoms with Crippen LogP contribution in [0.25, 0.3) is 0 Å². The van der Waals surface area contributed by atoms with Crippen molar-refractivity contribution in [2.75, 3.05) is 13.1 Å². The summed E-state index contributed by atoms with van der Waals surface area (Å²) in [6.07, 6.45) is 7.97. The van der Waals surface area contributed by atoms with Crippen molar-refractivity contribution in [1.82, 2.24) is 10.6 Å². The molecule has 1 unspecified atom stereocenters. The van der Waals surface area contributed by atoms with Crippen molar-refractivity contribution >= 4 is 5.91 Å². The number of hydrogen-bond donors (Lipinski definition) is 3. The van der Waals surface area contributed by atoms with Crippen molar-refractivity contribution in [3.8, 4) is 0 Å². The standard InChI is InChI=1S/C13H24N2O2/c16-12(15-10-13(17)7-3-8-13)6-5-11-4-1-2-9-14-11/h11,14,17H,1-10H2,(H,15,16). The molecule has 0 radical (unpaired) electrons. The molecule has 1 atom stereocenters. The van der Waals surface area contributed by atoms with Crippen LogP contribution in [0.4, 0.5) is 0 Å². The topological polar surface area (TPSA) is 61.4 Å². The number of amides is 1. The monoisotopic (exact) mass is 240 g/mol. The van der Waals surface area contributed by atoms with Crippen LogP contribution >= 0.6 is 0 Å². The van der Waals surface area contributed by atoms with E-state index >= 15 is 0 Å². The molecular formula is C13H24N2O2. The van der Waals surface area contributed by atoms with E-state index in [1.165, 1.54) is 19.3 Å². The van der Waals surface area contributed by atoms with Gasteiger partial charge in [-0.15, -0.1) is 0 Å². The maximum atomic E-state index is 11.6. The first-order valence-electron chi connectivity index (χ1n) is 6.90. The molecule has 1 heterocycles. The van der Waals surface area contributed by atoms with E-state index in [1.807, 2.05) is 0 Å². The highest BCUT2D eigenvalue weighted by molar-refractivity contribution is 5.76. The number of piperidine rings is 1. The second kappa shape index (κ2) is 5.83. The molecule has 1 aliphatic carbocycles. The zero-order chi connectivity index (χ0) is 12.1. The maximum absolute atomic E-state index is 11.6. The highest BCUT2D eigenvalue weighted by Crippen LogP contribution is 2.30. The molecule has 1 saturated heterocycles. The molecule has 0 spiro atoms. The number of carbonyl (C=O) groups excluding carboxylic acids is 1. The molecule has 0 aromatic heterocycles. The molecule has 1 saturated carbocycles. The van der Waals surface area contributed by atoms with E-state index in [1.54, 1.807) is 0 Å².